The number of hydrogen-bond acceptors (Lipinski definition) is 3. The van der Waals surface area contributed by atoms with Crippen LogP contribution in [-0.4, -0.2) is 50.8 Å². The van der Waals surface area contributed by atoms with E-state index in [-0.39, 0.29) is 0 Å². The van der Waals surface area contributed by atoms with Gasteiger partial charge < -0.3 is 21.3 Å². The first kappa shape index (κ1) is 12.4. The van der Waals surface area contributed by atoms with Crippen LogP contribution in [0.1, 0.15) is 0 Å². The van der Waals surface area contributed by atoms with Gasteiger partial charge in [-0.25, -0.2) is 0 Å². The number of likely N-dealkylation sites (N-methyl/N-ethyl adjacent to an activating group) is 1. The second-order valence-corrected chi connectivity index (χ2v) is 3.53. The standard InChI is InChI=1S/C9H23N4/c1-3-12-6-9-13(2,7-4-10)8-5-11/h3,12H,1,4-11H2,2H3/q+1. The molecule has 0 amide bonds. The van der Waals surface area contributed by atoms with Crippen molar-refractivity contribution in [1.82, 2.24) is 5.32 Å². The van der Waals surface area contributed by atoms with E-state index in [9.17, 15) is 0 Å². The van der Waals surface area contributed by atoms with Gasteiger partial charge in [-0.3, -0.25) is 0 Å². The fourth-order valence-corrected chi connectivity index (χ4v) is 1.40. The van der Waals surface area contributed by atoms with E-state index in [2.05, 4.69) is 18.9 Å². The molecule has 0 spiro atoms. The minimum Gasteiger partial charge on any atom is -0.386 e. The molecule has 0 saturated heterocycles. The Morgan fingerprint density at radius 2 is 1.77 bits per heavy atom. The van der Waals surface area contributed by atoms with E-state index in [0.717, 1.165) is 30.7 Å². The molecule has 0 aromatic heterocycles. The zero-order chi connectivity index (χ0) is 10.2. The highest BCUT2D eigenvalue weighted by molar-refractivity contribution is 4.62. The summed E-state index contributed by atoms with van der Waals surface area (Å²) < 4.78 is 0.938. The molecule has 4 heteroatoms. The average molecular weight is 187 g/mol. The first-order chi connectivity index (χ1) is 6.18. The summed E-state index contributed by atoms with van der Waals surface area (Å²) in [5.41, 5.74) is 11.1. The highest BCUT2D eigenvalue weighted by Crippen LogP contribution is 1.98. The van der Waals surface area contributed by atoms with E-state index < -0.39 is 0 Å². The Labute approximate surface area is 81.2 Å². The van der Waals surface area contributed by atoms with Gasteiger partial charge in [0.1, 0.15) is 0 Å². The van der Waals surface area contributed by atoms with Crippen molar-refractivity contribution >= 4 is 0 Å². The van der Waals surface area contributed by atoms with E-state index in [1.54, 1.807) is 6.20 Å². The van der Waals surface area contributed by atoms with Gasteiger partial charge in [-0.15, -0.1) is 0 Å². The number of nitrogens with two attached hydrogens (primary N) is 2. The zero-order valence-corrected chi connectivity index (χ0v) is 8.63. The molecule has 0 unspecified atom stereocenters. The van der Waals surface area contributed by atoms with Crippen LogP contribution >= 0.6 is 0 Å². The van der Waals surface area contributed by atoms with Crippen LogP contribution in [0.3, 0.4) is 0 Å². The summed E-state index contributed by atoms with van der Waals surface area (Å²) in [7, 11) is 2.19. The predicted octanol–water partition coefficient (Wildman–Crippen LogP) is -0.916. The van der Waals surface area contributed by atoms with Crippen LogP contribution in [0.5, 0.6) is 0 Å². The number of nitrogens with zero attached hydrogens (tertiary/aromatic N) is 1. The van der Waals surface area contributed by atoms with Gasteiger partial charge in [0.25, 0.3) is 0 Å². The molecular weight excluding hydrogens is 164 g/mol. The summed E-state index contributed by atoms with van der Waals surface area (Å²) in [6, 6.07) is 0. The third-order valence-corrected chi connectivity index (χ3v) is 2.28. The molecule has 0 aliphatic carbocycles. The molecule has 0 saturated carbocycles. The largest absolute Gasteiger partial charge is 0.386 e. The Morgan fingerprint density at radius 3 is 2.15 bits per heavy atom. The van der Waals surface area contributed by atoms with Crippen LogP contribution in [0, 0.1) is 0 Å². The average Bonchev–Trinajstić information content (AvgIpc) is 2.05. The Morgan fingerprint density at radius 1 is 1.23 bits per heavy atom. The molecule has 78 valence electrons. The molecular formula is C9H23N4+. The molecule has 4 nitrogen and oxygen atoms in total. The van der Waals surface area contributed by atoms with Gasteiger partial charge in [0.15, 0.2) is 0 Å². The van der Waals surface area contributed by atoms with E-state index in [4.69, 9.17) is 11.5 Å². The Balaban J connectivity index is 3.83. The summed E-state index contributed by atoms with van der Waals surface area (Å²) >= 11 is 0. The molecule has 0 heterocycles. The van der Waals surface area contributed by atoms with E-state index in [0.29, 0.717) is 13.1 Å². The summed E-state index contributed by atoms with van der Waals surface area (Å²) in [6.45, 7) is 8.97. The van der Waals surface area contributed by atoms with Crippen molar-refractivity contribution in [3.63, 3.8) is 0 Å². The third kappa shape index (κ3) is 5.63. The van der Waals surface area contributed by atoms with Crippen LogP contribution in [0.15, 0.2) is 12.8 Å². The Bertz CT molecular complexity index is 130. The van der Waals surface area contributed by atoms with Crippen molar-refractivity contribution in [2.45, 2.75) is 0 Å². The summed E-state index contributed by atoms with van der Waals surface area (Å²) in [6.07, 6.45) is 1.72. The molecule has 0 aliphatic rings. The lowest BCUT2D eigenvalue weighted by Crippen LogP contribution is -2.52. The molecule has 0 aromatic carbocycles. The lowest BCUT2D eigenvalue weighted by atomic mass is 10.3. The maximum absolute atomic E-state index is 5.55. The smallest absolute Gasteiger partial charge is 0.0960 e. The SMILES string of the molecule is C=CNCC[N+](C)(CCN)CCN. The fourth-order valence-electron chi connectivity index (χ4n) is 1.40. The fraction of sp³-hybridized carbons (Fsp3) is 0.778. The van der Waals surface area contributed by atoms with Crippen LogP contribution < -0.4 is 16.8 Å². The molecule has 13 heavy (non-hydrogen) atoms. The summed E-state index contributed by atoms with van der Waals surface area (Å²) in [5, 5.41) is 3.09. The lowest BCUT2D eigenvalue weighted by molar-refractivity contribution is -0.905. The maximum atomic E-state index is 5.55. The lowest BCUT2D eigenvalue weighted by Gasteiger charge is -2.33. The molecule has 0 aliphatic heterocycles. The monoisotopic (exact) mass is 187 g/mol. The number of hydrogen-bond donors (Lipinski definition) is 3. The summed E-state index contributed by atoms with van der Waals surface area (Å²) in [5.74, 6) is 0. The van der Waals surface area contributed by atoms with Crippen molar-refractivity contribution in [2.75, 3.05) is 46.3 Å². The van der Waals surface area contributed by atoms with Gasteiger partial charge >= 0.3 is 0 Å². The van der Waals surface area contributed by atoms with Crippen molar-refractivity contribution in [3.05, 3.63) is 12.8 Å². The minimum absolute atomic E-state index is 0.713. The van der Waals surface area contributed by atoms with Gasteiger partial charge in [-0.1, -0.05) is 6.58 Å². The third-order valence-electron chi connectivity index (χ3n) is 2.28. The first-order valence-electron chi connectivity index (χ1n) is 4.76. The number of nitrogens with one attached hydrogen (secondary N) is 1. The maximum Gasteiger partial charge on any atom is 0.0960 e. The van der Waals surface area contributed by atoms with Gasteiger partial charge in [-0.05, 0) is 6.20 Å². The Kier molecular flexibility index (Phi) is 6.58. The van der Waals surface area contributed by atoms with Crippen molar-refractivity contribution in [1.29, 1.82) is 0 Å². The zero-order valence-electron chi connectivity index (χ0n) is 8.63. The van der Waals surface area contributed by atoms with Crippen molar-refractivity contribution in [3.8, 4) is 0 Å². The second kappa shape index (κ2) is 6.88. The van der Waals surface area contributed by atoms with E-state index in [1.807, 2.05) is 0 Å². The molecule has 0 fully saturated rings. The topological polar surface area (TPSA) is 64.1 Å². The van der Waals surface area contributed by atoms with Crippen LogP contribution in [0.4, 0.5) is 0 Å². The second-order valence-electron chi connectivity index (χ2n) is 3.53. The van der Waals surface area contributed by atoms with E-state index in [1.165, 1.54) is 0 Å². The van der Waals surface area contributed by atoms with Crippen LogP contribution in [0.25, 0.3) is 0 Å². The molecule has 0 atom stereocenters. The summed E-state index contributed by atoms with van der Waals surface area (Å²) in [4.78, 5) is 0. The molecule has 0 rings (SSSR count). The molecule has 0 aromatic rings. The van der Waals surface area contributed by atoms with Gasteiger partial charge in [-0.2, -0.15) is 0 Å². The molecule has 0 bridgehead atoms. The van der Waals surface area contributed by atoms with Gasteiger partial charge in [0.05, 0.1) is 33.2 Å². The predicted molar refractivity (Wildman–Crippen MR) is 57.1 cm³/mol. The number of quaternary nitrogens is 1. The Hall–Kier alpha value is -0.580. The quantitative estimate of drug-likeness (QED) is 0.340. The van der Waals surface area contributed by atoms with E-state index >= 15 is 0 Å². The van der Waals surface area contributed by atoms with Gasteiger partial charge in [0, 0.05) is 13.1 Å². The highest BCUT2D eigenvalue weighted by atomic mass is 15.3. The molecule has 5 N–H and O–H groups in total. The van der Waals surface area contributed by atoms with Gasteiger partial charge in [0.2, 0.25) is 0 Å². The van der Waals surface area contributed by atoms with Crippen molar-refractivity contribution in [2.24, 2.45) is 11.5 Å². The van der Waals surface area contributed by atoms with Crippen molar-refractivity contribution < 1.29 is 4.48 Å². The normalized spacial score (nSPS) is 11.3. The minimum atomic E-state index is 0.713. The molecule has 0 radical (unpaired) electrons. The highest BCUT2D eigenvalue weighted by Gasteiger charge is 2.18. The van der Waals surface area contributed by atoms with Crippen LogP contribution in [-0.2, 0) is 0 Å². The van der Waals surface area contributed by atoms with Crippen LogP contribution in [0.2, 0.25) is 0 Å². The number of rotatable bonds is 8. The first-order valence-corrected chi connectivity index (χ1v) is 4.76.